The van der Waals surface area contributed by atoms with Gasteiger partial charge in [0.25, 0.3) is 0 Å². The van der Waals surface area contributed by atoms with E-state index in [9.17, 15) is 4.79 Å². The molecule has 0 saturated carbocycles. The molecule has 0 atom stereocenters. The number of piperidine rings is 1. The van der Waals surface area contributed by atoms with Crippen LogP contribution in [-0.2, 0) is 16.0 Å². The van der Waals surface area contributed by atoms with Gasteiger partial charge in [-0.3, -0.25) is 4.79 Å². The second-order valence-corrected chi connectivity index (χ2v) is 6.47. The molecule has 116 valence electrons. The van der Waals surface area contributed by atoms with E-state index in [1.54, 1.807) is 0 Å². The van der Waals surface area contributed by atoms with Crippen molar-refractivity contribution in [3.8, 4) is 5.75 Å². The summed E-state index contributed by atoms with van der Waals surface area (Å²) >= 11 is 0. The first kappa shape index (κ1) is 15.8. The van der Waals surface area contributed by atoms with Crippen LogP contribution in [0.3, 0.4) is 0 Å². The fourth-order valence-electron chi connectivity index (χ4n) is 2.34. The second kappa shape index (κ2) is 6.94. The van der Waals surface area contributed by atoms with Crippen LogP contribution in [0.15, 0.2) is 24.3 Å². The maximum atomic E-state index is 11.8. The lowest BCUT2D eigenvalue weighted by molar-refractivity contribution is -0.153. The first-order valence-electron chi connectivity index (χ1n) is 7.60. The Balaban J connectivity index is 1.85. The minimum absolute atomic E-state index is 0.200. The molecule has 4 heteroatoms. The molecule has 1 saturated heterocycles. The Morgan fingerprint density at radius 3 is 2.38 bits per heavy atom. The molecular formula is C17H25NO3. The molecule has 2 rings (SSSR count). The number of ether oxygens (including phenoxy) is 2. The van der Waals surface area contributed by atoms with Crippen molar-refractivity contribution in [2.45, 2.75) is 51.7 Å². The maximum Gasteiger partial charge on any atom is 0.310 e. The standard InChI is InChI=1S/C17H25NO3/c1-17(2,3)21-16(19)12-13-4-6-14(7-5-13)20-15-8-10-18-11-9-15/h4-7,15,18H,8-12H2,1-3H3. The first-order chi connectivity index (χ1) is 9.92. The van der Waals surface area contributed by atoms with Crippen molar-refractivity contribution in [3.63, 3.8) is 0 Å². The van der Waals surface area contributed by atoms with Crippen LogP contribution in [0, 0.1) is 0 Å². The smallest absolute Gasteiger partial charge is 0.310 e. The lowest BCUT2D eigenvalue weighted by Crippen LogP contribution is -2.34. The molecule has 1 aliphatic rings. The number of carbonyl (C=O) groups excluding carboxylic acids is 1. The monoisotopic (exact) mass is 291 g/mol. The van der Waals surface area contributed by atoms with Crippen LogP contribution in [-0.4, -0.2) is 30.8 Å². The average Bonchev–Trinajstić information content (AvgIpc) is 2.40. The molecule has 0 bridgehead atoms. The Morgan fingerprint density at radius 1 is 1.19 bits per heavy atom. The second-order valence-electron chi connectivity index (χ2n) is 6.47. The highest BCUT2D eigenvalue weighted by Crippen LogP contribution is 2.18. The molecule has 0 unspecified atom stereocenters. The van der Waals surface area contributed by atoms with Gasteiger partial charge in [0, 0.05) is 0 Å². The zero-order chi connectivity index (χ0) is 15.3. The molecule has 0 radical (unpaired) electrons. The van der Waals surface area contributed by atoms with E-state index in [1.807, 2.05) is 45.0 Å². The van der Waals surface area contributed by atoms with Crippen LogP contribution < -0.4 is 10.1 Å². The van der Waals surface area contributed by atoms with Gasteiger partial charge in [0.2, 0.25) is 0 Å². The highest BCUT2D eigenvalue weighted by molar-refractivity contribution is 5.73. The molecular weight excluding hydrogens is 266 g/mol. The van der Waals surface area contributed by atoms with Gasteiger partial charge in [0.05, 0.1) is 6.42 Å². The Morgan fingerprint density at radius 2 is 1.81 bits per heavy atom. The number of rotatable bonds is 4. The normalized spacial score (nSPS) is 16.5. The maximum absolute atomic E-state index is 11.8. The van der Waals surface area contributed by atoms with Gasteiger partial charge in [0.15, 0.2) is 0 Å². The molecule has 21 heavy (non-hydrogen) atoms. The van der Waals surface area contributed by atoms with Gasteiger partial charge in [-0.25, -0.2) is 0 Å². The summed E-state index contributed by atoms with van der Waals surface area (Å²) in [4.78, 5) is 11.8. The van der Waals surface area contributed by atoms with Crippen LogP contribution in [0.5, 0.6) is 5.75 Å². The third-order valence-electron chi connectivity index (χ3n) is 3.28. The summed E-state index contributed by atoms with van der Waals surface area (Å²) in [7, 11) is 0. The predicted octanol–water partition coefficient (Wildman–Crippen LogP) is 2.70. The molecule has 1 aromatic carbocycles. The fourth-order valence-corrected chi connectivity index (χ4v) is 2.34. The number of nitrogens with one attached hydrogen (secondary N) is 1. The molecule has 1 fully saturated rings. The third-order valence-corrected chi connectivity index (χ3v) is 3.28. The molecule has 4 nitrogen and oxygen atoms in total. The summed E-state index contributed by atoms with van der Waals surface area (Å²) in [6.45, 7) is 7.66. The van der Waals surface area contributed by atoms with Gasteiger partial charge >= 0.3 is 5.97 Å². The van der Waals surface area contributed by atoms with E-state index in [0.29, 0.717) is 12.5 Å². The summed E-state index contributed by atoms with van der Waals surface area (Å²) in [5.41, 5.74) is 0.511. The zero-order valence-corrected chi connectivity index (χ0v) is 13.1. The third kappa shape index (κ3) is 5.76. The Kier molecular flexibility index (Phi) is 5.23. The van der Waals surface area contributed by atoms with E-state index in [2.05, 4.69) is 5.32 Å². The molecule has 0 aliphatic carbocycles. The minimum atomic E-state index is -0.435. The number of benzene rings is 1. The largest absolute Gasteiger partial charge is 0.490 e. The summed E-state index contributed by atoms with van der Waals surface area (Å²) in [5, 5.41) is 3.32. The Bertz CT molecular complexity index is 456. The van der Waals surface area contributed by atoms with Crippen LogP contribution in [0.25, 0.3) is 0 Å². The van der Waals surface area contributed by atoms with Crippen molar-refractivity contribution in [1.29, 1.82) is 0 Å². The van der Waals surface area contributed by atoms with Gasteiger partial charge in [-0.05, 0) is 64.4 Å². The van der Waals surface area contributed by atoms with E-state index in [-0.39, 0.29) is 5.97 Å². The van der Waals surface area contributed by atoms with E-state index >= 15 is 0 Å². The van der Waals surface area contributed by atoms with E-state index in [0.717, 1.165) is 37.2 Å². The van der Waals surface area contributed by atoms with Crippen molar-refractivity contribution in [2.75, 3.05) is 13.1 Å². The first-order valence-corrected chi connectivity index (χ1v) is 7.60. The molecule has 1 heterocycles. The number of esters is 1. The van der Waals surface area contributed by atoms with Crippen LogP contribution in [0.4, 0.5) is 0 Å². The number of hydrogen-bond acceptors (Lipinski definition) is 4. The van der Waals surface area contributed by atoms with Crippen LogP contribution >= 0.6 is 0 Å². The van der Waals surface area contributed by atoms with E-state index in [1.165, 1.54) is 0 Å². The van der Waals surface area contributed by atoms with Gasteiger partial charge in [0.1, 0.15) is 17.5 Å². The topological polar surface area (TPSA) is 47.6 Å². The van der Waals surface area contributed by atoms with Gasteiger partial charge in [-0.1, -0.05) is 12.1 Å². The molecule has 1 aromatic rings. The summed E-state index contributed by atoms with van der Waals surface area (Å²) in [6, 6.07) is 7.73. The summed E-state index contributed by atoms with van der Waals surface area (Å²) in [6.07, 6.45) is 2.67. The Hall–Kier alpha value is -1.55. The van der Waals surface area contributed by atoms with Crippen LogP contribution in [0.1, 0.15) is 39.2 Å². The highest BCUT2D eigenvalue weighted by atomic mass is 16.6. The lowest BCUT2D eigenvalue weighted by Gasteiger charge is -2.24. The fraction of sp³-hybridized carbons (Fsp3) is 0.588. The number of hydrogen-bond donors (Lipinski definition) is 1. The molecule has 0 aromatic heterocycles. The van der Waals surface area contributed by atoms with E-state index < -0.39 is 5.60 Å². The molecule has 0 spiro atoms. The van der Waals surface area contributed by atoms with Gasteiger partial charge in [-0.2, -0.15) is 0 Å². The van der Waals surface area contributed by atoms with Crippen molar-refractivity contribution >= 4 is 5.97 Å². The van der Waals surface area contributed by atoms with Crippen molar-refractivity contribution in [1.82, 2.24) is 5.32 Å². The van der Waals surface area contributed by atoms with E-state index in [4.69, 9.17) is 9.47 Å². The zero-order valence-electron chi connectivity index (χ0n) is 13.1. The predicted molar refractivity (Wildman–Crippen MR) is 82.5 cm³/mol. The van der Waals surface area contributed by atoms with Crippen molar-refractivity contribution < 1.29 is 14.3 Å². The summed E-state index contributed by atoms with van der Waals surface area (Å²) < 4.78 is 11.3. The SMILES string of the molecule is CC(C)(C)OC(=O)Cc1ccc(OC2CCNCC2)cc1. The quantitative estimate of drug-likeness (QED) is 0.867. The Labute approximate surface area is 126 Å². The molecule has 1 aliphatic heterocycles. The summed E-state index contributed by atoms with van der Waals surface area (Å²) in [5.74, 6) is 0.671. The van der Waals surface area contributed by atoms with Crippen molar-refractivity contribution in [3.05, 3.63) is 29.8 Å². The highest BCUT2D eigenvalue weighted by Gasteiger charge is 2.17. The lowest BCUT2D eigenvalue weighted by atomic mass is 10.1. The minimum Gasteiger partial charge on any atom is -0.490 e. The van der Waals surface area contributed by atoms with Crippen molar-refractivity contribution in [2.24, 2.45) is 0 Å². The molecule has 1 N–H and O–H groups in total. The van der Waals surface area contributed by atoms with Crippen LogP contribution in [0.2, 0.25) is 0 Å². The number of carbonyl (C=O) groups is 1. The average molecular weight is 291 g/mol. The molecule has 0 amide bonds. The van der Waals surface area contributed by atoms with Gasteiger partial charge in [-0.15, -0.1) is 0 Å². The van der Waals surface area contributed by atoms with Gasteiger partial charge < -0.3 is 14.8 Å².